The van der Waals surface area contributed by atoms with E-state index in [2.05, 4.69) is 60.8 Å². The first-order chi connectivity index (χ1) is 34.8. The second-order valence-corrected chi connectivity index (χ2v) is 16.7. The molecule has 3 aromatic carbocycles. The van der Waals surface area contributed by atoms with Crippen LogP contribution >= 0.6 is 0 Å². The zero-order valence-electron chi connectivity index (χ0n) is 42.3. The van der Waals surface area contributed by atoms with Crippen LogP contribution in [0.2, 0.25) is 0 Å². The number of fused-ring (bicyclic) bond motifs is 3. The molecule has 1 N–H and O–H groups in total. The van der Waals surface area contributed by atoms with Crippen molar-refractivity contribution in [2.75, 3.05) is 165 Å². The summed E-state index contributed by atoms with van der Waals surface area (Å²) in [5, 5.41) is 2.81. The van der Waals surface area contributed by atoms with Gasteiger partial charge in [0.15, 0.2) is 0 Å². The van der Waals surface area contributed by atoms with Crippen molar-refractivity contribution in [2.24, 2.45) is 0 Å². The SMILES string of the molecule is CCCCCCCCCc1ccc(OCCOCCOCCOCCOCCOCCOCCOCCOCCOCCOCCOCCCNC(=O)OCC2c3ccccc3-c3ccccc32)cc1. The molecule has 3 aromatic rings. The van der Waals surface area contributed by atoms with Crippen molar-refractivity contribution in [2.45, 2.75) is 70.6 Å². The van der Waals surface area contributed by atoms with Gasteiger partial charge >= 0.3 is 6.09 Å². The van der Waals surface area contributed by atoms with Gasteiger partial charge in [0.05, 0.1) is 139 Å². The first-order valence-electron chi connectivity index (χ1n) is 25.9. The van der Waals surface area contributed by atoms with Gasteiger partial charge in [-0.2, -0.15) is 0 Å². The molecule has 4 rings (SSSR count). The Morgan fingerprint density at radius 2 is 0.786 bits per heavy atom. The predicted molar refractivity (Wildman–Crippen MR) is 270 cm³/mol. The van der Waals surface area contributed by atoms with Crippen molar-refractivity contribution >= 4 is 6.09 Å². The average molecular weight is 984 g/mol. The zero-order chi connectivity index (χ0) is 49.0. The Kier molecular flexibility index (Phi) is 35.2. The maximum atomic E-state index is 12.3. The molecule has 0 fully saturated rings. The number of ether oxygens (including phenoxy) is 13. The van der Waals surface area contributed by atoms with E-state index >= 15 is 0 Å². The second-order valence-electron chi connectivity index (χ2n) is 16.7. The molecule has 0 radical (unpaired) electrons. The summed E-state index contributed by atoms with van der Waals surface area (Å²) in [7, 11) is 0. The van der Waals surface area contributed by atoms with Crippen molar-refractivity contribution in [1.29, 1.82) is 0 Å². The number of benzene rings is 3. The fourth-order valence-corrected chi connectivity index (χ4v) is 7.57. The summed E-state index contributed by atoms with van der Waals surface area (Å²) in [4.78, 5) is 12.3. The number of nitrogens with one attached hydrogen (secondary N) is 1. The standard InChI is InChI=1S/C55H85NO14/c1-2-3-4-5-6-7-8-14-48-19-21-49(22-20-48)69-46-45-68-44-43-67-42-41-66-40-39-65-38-37-64-36-35-63-34-33-62-32-31-61-30-29-60-28-27-59-26-25-58-24-13-23-56-55(57)70-47-54-52-17-11-9-15-50(52)51-16-10-12-18-53(51)54/h9-12,15-22,54H,2-8,13-14,23-47H2,1H3,(H,56,57). The first-order valence-corrected chi connectivity index (χ1v) is 25.9. The van der Waals surface area contributed by atoms with E-state index in [4.69, 9.17) is 61.6 Å². The monoisotopic (exact) mass is 984 g/mol. The van der Waals surface area contributed by atoms with Crippen LogP contribution in [0.4, 0.5) is 4.79 Å². The largest absolute Gasteiger partial charge is 0.491 e. The molecule has 0 heterocycles. The minimum absolute atomic E-state index is 0.0467. The van der Waals surface area contributed by atoms with Crippen molar-refractivity contribution in [3.8, 4) is 16.9 Å². The number of carbonyl (C=O) groups is 1. The van der Waals surface area contributed by atoms with Crippen LogP contribution < -0.4 is 10.1 Å². The smallest absolute Gasteiger partial charge is 0.407 e. The van der Waals surface area contributed by atoms with Gasteiger partial charge in [-0.3, -0.25) is 0 Å². The maximum Gasteiger partial charge on any atom is 0.407 e. The molecule has 0 atom stereocenters. The summed E-state index contributed by atoms with van der Waals surface area (Å²) < 4.78 is 72.5. The Hall–Kier alpha value is -3.71. The van der Waals surface area contributed by atoms with Crippen molar-refractivity contribution in [3.05, 3.63) is 89.5 Å². The summed E-state index contributed by atoms with van der Waals surface area (Å²) in [6.45, 7) is 14.5. The van der Waals surface area contributed by atoms with Crippen molar-refractivity contribution in [1.82, 2.24) is 5.32 Å². The number of alkyl carbamates (subject to hydrolysis) is 1. The number of carbonyl (C=O) groups excluding carboxylic acids is 1. The molecule has 0 bridgehead atoms. The van der Waals surface area contributed by atoms with E-state index in [9.17, 15) is 4.79 Å². The fraction of sp³-hybridized carbons (Fsp3) is 0.655. The van der Waals surface area contributed by atoms with Gasteiger partial charge in [-0.15, -0.1) is 0 Å². The summed E-state index contributed by atoms with van der Waals surface area (Å²) in [5.74, 6) is 0.929. The molecule has 0 spiro atoms. The van der Waals surface area contributed by atoms with E-state index in [1.54, 1.807) is 0 Å². The van der Waals surface area contributed by atoms with E-state index in [1.807, 2.05) is 24.3 Å². The molecule has 1 aliphatic rings. The molecule has 70 heavy (non-hydrogen) atoms. The number of hydrogen-bond donors (Lipinski definition) is 1. The van der Waals surface area contributed by atoms with Crippen LogP contribution in [0.3, 0.4) is 0 Å². The third-order valence-corrected chi connectivity index (χ3v) is 11.3. The minimum atomic E-state index is -0.416. The van der Waals surface area contributed by atoms with Crippen molar-refractivity contribution in [3.63, 3.8) is 0 Å². The zero-order valence-corrected chi connectivity index (χ0v) is 42.3. The lowest BCUT2D eigenvalue weighted by atomic mass is 9.98. The van der Waals surface area contributed by atoms with Gasteiger partial charge in [-0.1, -0.05) is 106 Å². The number of rotatable bonds is 48. The average Bonchev–Trinajstić information content (AvgIpc) is 3.71. The third-order valence-electron chi connectivity index (χ3n) is 11.3. The summed E-state index contributed by atoms with van der Waals surface area (Å²) in [5.41, 5.74) is 6.18. The van der Waals surface area contributed by atoms with Crippen LogP contribution in [-0.4, -0.2) is 171 Å². The lowest BCUT2D eigenvalue weighted by Gasteiger charge is -2.14. The predicted octanol–water partition coefficient (Wildman–Crippen LogP) is 8.47. The highest BCUT2D eigenvalue weighted by atomic mass is 16.6. The fourth-order valence-electron chi connectivity index (χ4n) is 7.57. The molecular weight excluding hydrogens is 899 g/mol. The Bertz CT molecular complexity index is 1640. The van der Waals surface area contributed by atoms with Gasteiger partial charge in [0.1, 0.15) is 19.0 Å². The second kappa shape index (κ2) is 41.9. The van der Waals surface area contributed by atoms with Crippen LogP contribution in [0.5, 0.6) is 5.75 Å². The Balaban J connectivity index is 0.754. The number of hydrogen-bond acceptors (Lipinski definition) is 14. The minimum Gasteiger partial charge on any atom is -0.491 e. The highest BCUT2D eigenvalue weighted by Gasteiger charge is 2.29. The molecule has 15 nitrogen and oxygen atoms in total. The maximum absolute atomic E-state index is 12.3. The molecule has 15 heteroatoms. The molecule has 0 unspecified atom stereocenters. The number of aryl methyl sites for hydroxylation is 1. The molecule has 1 aliphatic carbocycles. The molecule has 0 aliphatic heterocycles. The van der Waals surface area contributed by atoms with Gasteiger partial charge in [0.25, 0.3) is 0 Å². The van der Waals surface area contributed by atoms with Crippen LogP contribution in [-0.2, 0) is 63.3 Å². The van der Waals surface area contributed by atoms with E-state index in [0.29, 0.717) is 172 Å². The highest BCUT2D eigenvalue weighted by molar-refractivity contribution is 5.79. The normalized spacial score (nSPS) is 12.1. The van der Waals surface area contributed by atoms with Crippen LogP contribution in [0.1, 0.15) is 80.9 Å². The van der Waals surface area contributed by atoms with E-state index < -0.39 is 6.09 Å². The van der Waals surface area contributed by atoms with Gasteiger partial charge in [-0.25, -0.2) is 4.79 Å². The quantitative estimate of drug-likeness (QED) is 0.0539. The Morgan fingerprint density at radius 1 is 0.414 bits per heavy atom. The van der Waals surface area contributed by atoms with Gasteiger partial charge in [-0.05, 0) is 59.2 Å². The molecule has 0 aromatic heterocycles. The summed E-state index contributed by atoms with van der Waals surface area (Å²) >= 11 is 0. The van der Waals surface area contributed by atoms with E-state index in [0.717, 1.165) is 12.2 Å². The topological polar surface area (TPSA) is 149 Å². The Morgan fingerprint density at radius 3 is 1.21 bits per heavy atom. The number of amides is 1. The van der Waals surface area contributed by atoms with Crippen molar-refractivity contribution < 1.29 is 66.4 Å². The van der Waals surface area contributed by atoms with Crippen LogP contribution in [0, 0.1) is 0 Å². The van der Waals surface area contributed by atoms with Crippen LogP contribution in [0.15, 0.2) is 72.8 Å². The Labute approximate surface area is 418 Å². The third kappa shape index (κ3) is 28.4. The molecule has 0 saturated carbocycles. The van der Waals surface area contributed by atoms with Gasteiger partial charge in [0.2, 0.25) is 0 Å². The lowest BCUT2D eigenvalue weighted by molar-refractivity contribution is -0.0277. The van der Waals surface area contributed by atoms with Gasteiger partial charge < -0.3 is 66.9 Å². The lowest BCUT2D eigenvalue weighted by Crippen LogP contribution is -2.27. The molecular formula is C55H85NO14. The van der Waals surface area contributed by atoms with Gasteiger partial charge in [0, 0.05) is 19.1 Å². The molecule has 1 amide bonds. The molecule has 394 valence electrons. The molecule has 0 saturated heterocycles. The van der Waals surface area contributed by atoms with E-state index in [1.165, 1.54) is 72.8 Å². The number of unbranched alkanes of at least 4 members (excludes halogenated alkanes) is 6. The summed E-state index contributed by atoms with van der Waals surface area (Å²) in [6.07, 6.45) is 10.7. The van der Waals surface area contributed by atoms with Crippen LogP contribution in [0.25, 0.3) is 11.1 Å². The summed E-state index contributed by atoms with van der Waals surface area (Å²) in [6, 6.07) is 25.0. The first kappa shape index (κ1) is 58.9. The van der Waals surface area contributed by atoms with E-state index in [-0.39, 0.29) is 5.92 Å². The highest BCUT2D eigenvalue weighted by Crippen LogP contribution is 2.44.